The predicted octanol–water partition coefficient (Wildman–Crippen LogP) is 1.99. The van der Waals surface area contributed by atoms with Crippen molar-refractivity contribution in [1.82, 2.24) is 4.72 Å². The molecule has 21 heavy (non-hydrogen) atoms. The van der Waals surface area contributed by atoms with Gasteiger partial charge < -0.3 is 9.84 Å². The van der Waals surface area contributed by atoms with Crippen LogP contribution in [0, 0.1) is 5.82 Å². The molecule has 0 saturated carbocycles. The summed E-state index contributed by atoms with van der Waals surface area (Å²) in [4.78, 5) is 10.2. The molecule has 0 heterocycles. The number of ether oxygens (including phenoxy) is 1. The quantitative estimate of drug-likeness (QED) is 0.702. The first-order valence-corrected chi connectivity index (χ1v) is 8.26. The summed E-state index contributed by atoms with van der Waals surface area (Å²) in [5.74, 6) is -2.85. The summed E-state index contributed by atoms with van der Waals surface area (Å²) in [5.41, 5.74) is -0.719. The van der Waals surface area contributed by atoms with Crippen molar-refractivity contribution in [3.05, 3.63) is 28.0 Å². The maximum atomic E-state index is 14.0. The number of halogens is 2. The third kappa shape index (κ3) is 5.03. The fourth-order valence-electron chi connectivity index (χ4n) is 1.46. The highest BCUT2D eigenvalue weighted by Gasteiger charge is 2.24. The molecule has 1 aromatic carbocycles. The molecule has 0 unspecified atom stereocenters. The normalized spacial score (nSPS) is 11.9. The van der Waals surface area contributed by atoms with Gasteiger partial charge in [0, 0.05) is 11.0 Å². The molecule has 0 aliphatic rings. The Morgan fingerprint density at radius 2 is 2.10 bits per heavy atom. The maximum absolute atomic E-state index is 14.0. The van der Waals surface area contributed by atoms with E-state index < -0.39 is 32.3 Å². The van der Waals surface area contributed by atoms with E-state index >= 15 is 0 Å². The van der Waals surface area contributed by atoms with Crippen LogP contribution in [-0.2, 0) is 14.8 Å². The van der Waals surface area contributed by atoms with Crippen LogP contribution in [0.1, 0.15) is 24.2 Å². The van der Waals surface area contributed by atoms with E-state index in [0.29, 0.717) is 0 Å². The van der Waals surface area contributed by atoms with Gasteiger partial charge in [-0.1, -0.05) is 15.9 Å². The highest BCUT2D eigenvalue weighted by Crippen LogP contribution is 2.24. The minimum atomic E-state index is -4.17. The van der Waals surface area contributed by atoms with Gasteiger partial charge in [0.25, 0.3) is 0 Å². The van der Waals surface area contributed by atoms with Crippen LogP contribution in [-0.4, -0.2) is 38.7 Å². The third-order valence-corrected chi connectivity index (χ3v) is 4.29. The van der Waals surface area contributed by atoms with Crippen LogP contribution in [0.25, 0.3) is 0 Å². The Morgan fingerprint density at radius 3 is 2.62 bits per heavy atom. The Kier molecular flexibility index (Phi) is 6.26. The summed E-state index contributed by atoms with van der Waals surface area (Å²) in [6.07, 6.45) is -0.0595. The lowest BCUT2D eigenvalue weighted by atomic mass is 10.2. The Balaban J connectivity index is 3.00. The molecule has 0 aliphatic heterocycles. The first-order chi connectivity index (χ1) is 9.65. The van der Waals surface area contributed by atoms with Gasteiger partial charge in [0.1, 0.15) is 4.90 Å². The van der Waals surface area contributed by atoms with Crippen molar-refractivity contribution >= 4 is 31.9 Å². The smallest absolute Gasteiger partial charge is 0.338 e. The molecule has 0 atom stereocenters. The van der Waals surface area contributed by atoms with Gasteiger partial charge in [-0.3, -0.25) is 0 Å². The van der Waals surface area contributed by atoms with E-state index in [1.807, 2.05) is 0 Å². The number of carboxylic acids is 1. The van der Waals surface area contributed by atoms with Crippen molar-refractivity contribution in [2.24, 2.45) is 0 Å². The summed E-state index contributed by atoms with van der Waals surface area (Å²) in [6, 6.07) is 2.01. The highest BCUT2D eigenvalue weighted by atomic mass is 79.9. The van der Waals surface area contributed by atoms with Gasteiger partial charge in [-0.15, -0.1) is 0 Å². The lowest BCUT2D eigenvalue weighted by Crippen LogP contribution is -2.29. The van der Waals surface area contributed by atoms with Crippen LogP contribution < -0.4 is 4.72 Å². The monoisotopic (exact) mass is 383 g/mol. The minimum absolute atomic E-state index is 0.0468. The fourth-order valence-corrected chi connectivity index (χ4v) is 3.21. The number of benzene rings is 1. The number of sulfonamides is 1. The summed E-state index contributed by atoms with van der Waals surface area (Å²) in [5, 5.41) is 8.86. The summed E-state index contributed by atoms with van der Waals surface area (Å²) >= 11 is 2.96. The van der Waals surface area contributed by atoms with E-state index in [9.17, 15) is 17.6 Å². The SMILES string of the molecule is CC(C)OCCNS(=O)(=O)c1cc(Br)cc(C(=O)O)c1F. The topological polar surface area (TPSA) is 92.7 Å². The molecule has 1 aromatic rings. The van der Waals surface area contributed by atoms with Crippen LogP contribution in [0.4, 0.5) is 4.39 Å². The maximum Gasteiger partial charge on any atom is 0.338 e. The molecule has 0 aromatic heterocycles. The van der Waals surface area contributed by atoms with Crippen LogP contribution >= 0.6 is 15.9 Å². The van der Waals surface area contributed by atoms with Gasteiger partial charge in [-0.05, 0) is 26.0 Å². The molecule has 0 radical (unpaired) electrons. The number of hydrogen-bond acceptors (Lipinski definition) is 4. The lowest BCUT2D eigenvalue weighted by molar-refractivity contribution is 0.0691. The molecule has 2 N–H and O–H groups in total. The zero-order valence-electron chi connectivity index (χ0n) is 11.4. The van der Waals surface area contributed by atoms with E-state index in [4.69, 9.17) is 9.84 Å². The summed E-state index contributed by atoms with van der Waals surface area (Å²) in [7, 11) is -4.17. The fraction of sp³-hybridized carbons (Fsp3) is 0.417. The van der Waals surface area contributed by atoms with Crippen LogP contribution in [0.2, 0.25) is 0 Å². The zero-order chi connectivity index (χ0) is 16.2. The van der Waals surface area contributed by atoms with Crippen molar-refractivity contribution in [2.45, 2.75) is 24.8 Å². The average molecular weight is 384 g/mol. The summed E-state index contributed by atoms with van der Waals surface area (Å²) < 4.78 is 45.5. The second-order valence-corrected chi connectivity index (χ2v) is 7.04. The van der Waals surface area contributed by atoms with E-state index in [0.717, 1.165) is 12.1 Å². The molecule has 0 aliphatic carbocycles. The number of rotatable bonds is 7. The first-order valence-electron chi connectivity index (χ1n) is 5.98. The Bertz CT molecular complexity index is 633. The molecule has 0 fully saturated rings. The van der Waals surface area contributed by atoms with Crippen LogP contribution in [0.3, 0.4) is 0 Å². The Labute approximate surface area is 130 Å². The second-order valence-electron chi connectivity index (χ2n) is 4.39. The second kappa shape index (κ2) is 7.30. The van der Waals surface area contributed by atoms with Gasteiger partial charge in [0.05, 0.1) is 18.3 Å². The van der Waals surface area contributed by atoms with Crippen molar-refractivity contribution < 1.29 is 27.4 Å². The number of hydrogen-bond donors (Lipinski definition) is 2. The number of nitrogens with one attached hydrogen (secondary N) is 1. The van der Waals surface area contributed by atoms with Crippen LogP contribution in [0.15, 0.2) is 21.5 Å². The van der Waals surface area contributed by atoms with E-state index in [1.165, 1.54) is 0 Å². The van der Waals surface area contributed by atoms with Gasteiger partial charge in [-0.2, -0.15) is 0 Å². The van der Waals surface area contributed by atoms with E-state index in [-0.39, 0.29) is 23.7 Å². The third-order valence-electron chi connectivity index (χ3n) is 2.37. The van der Waals surface area contributed by atoms with Gasteiger partial charge >= 0.3 is 5.97 Å². The zero-order valence-corrected chi connectivity index (χ0v) is 13.8. The number of carbonyl (C=O) groups is 1. The number of aromatic carboxylic acids is 1. The molecular formula is C12H15BrFNO5S. The molecule has 6 nitrogen and oxygen atoms in total. The molecule has 1 rings (SSSR count). The van der Waals surface area contributed by atoms with Gasteiger partial charge in [-0.25, -0.2) is 22.3 Å². The Morgan fingerprint density at radius 1 is 1.48 bits per heavy atom. The van der Waals surface area contributed by atoms with Crippen LogP contribution in [0.5, 0.6) is 0 Å². The molecule has 0 spiro atoms. The molecular weight excluding hydrogens is 369 g/mol. The first kappa shape index (κ1) is 18.0. The standard InChI is InChI=1S/C12H15BrFNO5S/c1-7(2)20-4-3-15-21(18,19)10-6-8(13)5-9(11(10)14)12(16)17/h5-7,15H,3-4H2,1-2H3,(H,16,17). The lowest BCUT2D eigenvalue weighted by Gasteiger charge is -2.11. The molecule has 0 bridgehead atoms. The van der Waals surface area contributed by atoms with Crippen molar-refractivity contribution in [3.8, 4) is 0 Å². The minimum Gasteiger partial charge on any atom is -0.478 e. The van der Waals surface area contributed by atoms with Gasteiger partial charge in [0.15, 0.2) is 5.82 Å². The molecule has 118 valence electrons. The number of carboxylic acid groups (broad SMARTS) is 1. The average Bonchev–Trinajstić information content (AvgIpc) is 2.36. The van der Waals surface area contributed by atoms with Gasteiger partial charge in [0.2, 0.25) is 10.0 Å². The molecule has 0 amide bonds. The van der Waals surface area contributed by atoms with Crippen molar-refractivity contribution in [2.75, 3.05) is 13.2 Å². The highest BCUT2D eigenvalue weighted by molar-refractivity contribution is 9.10. The molecule has 9 heteroatoms. The molecule has 0 saturated heterocycles. The Hall–Kier alpha value is -1.03. The summed E-state index contributed by atoms with van der Waals surface area (Å²) in [6.45, 7) is 3.66. The van der Waals surface area contributed by atoms with Crippen molar-refractivity contribution in [3.63, 3.8) is 0 Å². The van der Waals surface area contributed by atoms with Crippen molar-refractivity contribution in [1.29, 1.82) is 0 Å². The van der Waals surface area contributed by atoms with E-state index in [2.05, 4.69) is 20.7 Å². The predicted molar refractivity (Wildman–Crippen MR) is 77.3 cm³/mol. The largest absolute Gasteiger partial charge is 0.478 e. The van der Waals surface area contributed by atoms with E-state index in [1.54, 1.807) is 13.8 Å².